The summed E-state index contributed by atoms with van der Waals surface area (Å²) in [6.45, 7) is 17.6. The molecule has 3 fully saturated rings. The van der Waals surface area contributed by atoms with Crippen LogP contribution in [0.25, 0.3) is 33.4 Å². The summed E-state index contributed by atoms with van der Waals surface area (Å²) in [5, 5.41) is 8.30. The van der Waals surface area contributed by atoms with E-state index in [1.165, 1.54) is 16.3 Å². The first-order valence-electron chi connectivity index (χ1n) is 21.9. The molecule has 3 aliphatic heterocycles. The van der Waals surface area contributed by atoms with Crippen molar-refractivity contribution in [2.24, 2.45) is 23.2 Å². The van der Waals surface area contributed by atoms with Crippen LogP contribution in [0.5, 0.6) is 0 Å². The van der Waals surface area contributed by atoms with Crippen LogP contribution in [0.2, 0.25) is 0 Å². The number of aryl methyl sites for hydroxylation is 1. The molecule has 2 saturated heterocycles. The number of ether oxygens (including phenoxy) is 4. The van der Waals surface area contributed by atoms with Crippen molar-refractivity contribution >= 4 is 40.0 Å². The van der Waals surface area contributed by atoms with Crippen molar-refractivity contribution in [1.82, 2.24) is 35.2 Å². The summed E-state index contributed by atoms with van der Waals surface area (Å²) in [4.78, 5) is 55.0. The zero-order chi connectivity index (χ0) is 43.0. The van der Waals surface area contributed by atoms with Crippen molar-refractivity contribution in [2.75, 3.05) is 59.7 Å². The third-order valence-electron chi connectivity index (χ3n) is 13.2. The number of hydrazine groups is 1. The first-order valence-corrected chi connectivity index (χ1v) is 22.8. The average molecular weight is 856 g/mol. The lowest BCUT2D eigenvalue weighted by Gasteiger charge is -2.37. The van der Waals surface area contributed by atoms with Gasteiger partial charge in [0.2, 0.25) is 5.91 Å². The second-order valence-electron chi connectivity index (χ2n) is 17.9. The zero-order valence-corrected chi connectivity index (χ0v) is 37.4. The predicted octanol–water partition coefficient (Wildman–Crippen LogP) is 5.95. The second kappa shape index (κ2) is 18.2. The van der Waals surface area contributed by atoms with E-state index >= 15 is 0 Å². The van der Waals surface area contributed by atoms with E-state index in [0.29, 0.717) is 63.7 Å². The number of esters is 1. The molecule has 8 rings (SSSR count). The number of methoxy groups -OCH3 is 1. The lowest BCUT2D eigenvalue weighted by Crippen LogP contribution is -2.61. The molecule has 1 aromatic carbocycles. The van der Waals surface area contributed by atoms with Gasteiger partial charge in [-0.2, -0.15) is 0 Å². The molecule has 328 valence electrons. The highest BCUT2D eigenvalue weighted by atomic mass is 32.1. The summed E-state index contributed by atoms with van der Waals surface area (Å²) in [5.74, 6) is -0.775. The Morgan fingerprint density at radius 3 is 2.66 bits per heavy atom. The minimum Gasteiger partial charge on any atom is -0.464 e. The van der Waals surface area contributed by atoms with Gasteiger partial charge in [-0.1, -0.05) is 33.8 Å². The predicted molar refractivity (Wildman–Crippen MR) is 233 cm³/mol. The number of carbonyl (C=O) groups is 3. The number of aromatic nitrogens is 3. The molecule has 4 aromatic rings. The van der Waals surface area contributed by atoms with Gasteiger partial charge in [-0.25, -0.2) is 10.4 Å². The third kappa shape index (κ3) is 9.00. The fraction of sp³-hybridized carbons (Fsp3) is 0.587. The molecule has 0 spiro atoms. The van der Waals surface area contributed by atoms with Gasteiger partial charge in [0.15, 0.2) is 0 Å². The molecule has 2 N–H and O–H groups in total. The van der Waals surface area contributed by atoms with Crippen LogP contribution in [0.1, 0.15) is 82.9 Å². The Bertz CT molecular complexity index is 2230. The highest BCUT2D eigenvalue weighted by Crippen LogP contribution is 2.46. The number of hydrogen-bond acceptors (Lipinski definition) is 12. The van der Waals surface area contributed by atoms with E-state index in [1.807, 2.05) is 18.4 Å². The summed E-state index contributed by atoms with van der Waals surface area (Å²) in [6, 6.07) is 8.69. The Morgan fingerprint density at radius 1 is 1.13 bits per heavy atom. The monoisotopic (exact) mass is 855 g/mol. The van der Waals surface area contributed by atoms with Crippen molar-refractivity contribution in [3.63, 3.8) is 0 Å². The van der Waals surface area contributed by atoms with Crippen LogP contribution in [0.15, 0.2) is 41.9 Å². The molecule has 6 heterocycles. The number of carbonyl (C=O) groups excluding carboxylic acids is 3. The molecule has 1 aliphatic carbocycles. The number of pyridine rings is 1. The summed E-state index contributed by atoms with van der Waals surface area (Å²) >= 11 is 1.42. The maximum Gasteiger partial charge on any atom is 0.324 e. The van der Waals surface area contributed by atoms with Gasteiger partial charge in [0, 0.05) is 84.8 Å². The summed E-state index contributed by atoms with van der Waals surface area (Å²) in [6.07, 6.45) is 2.35. The standard InChI is InChI=1S/C46H61N7O7S/c1-8-52-36-14-13-30-23-32(36)33(40(52)31-11-9-15-47-38(31)29(4)57-7)24-46(5,6)26-60-45(56)34-12-10-16-53(50-34)44(55)39(49-42(54)37-27(2)28(37)3)41(43-48-35(30)25-61-43)59-22-19-51-17-20-58-21-18-51/h9,11,13-15,23,25,27-29,34,37,39,41,50H,8,10,12,16-22,24,26H2,1-7H3,(H,49,54)/t27-,28+,29-,34-,37?,39-,41-/m0/s1. The van der Waals surface area contributed by atoms with Gasteiger partial charge in [-0.3, -0.25) is 29.3 Å². The van der Waals surface area contributed by atoms with Crippen LogP contribution in [-0.2, 0) is 46.3 Å². The molecule has 1 unspecified atom stereocenters. The highest BCUT2D eigenvalue weighted by Gasteiger charge is 2.50. The molecule has 14 nitrogen and oxygen atoms in total. The van der Waals surface area contributed by atoms with E-state index in [9.17, 15) is 14.4 Å². The van der Waals surface area contributed by atoms with E-state index in [0.717, 1.165) is 57.8 Å². The highest BCUT2D eigenvalue weighted by molar-refractivity contribution is 7.10. The minimum absolute atomic E-state index is 0.162. The lowest BCUT2D eigenvalue weighted by atomic mass is 9.84. The van der Waals surface area contributed by atoms with Crippen molar-refractivity contribution in [2.45, 2.75) is 91.6 Å². The molecule has 15 heteroatoms. The number of amides is 2. The van der Waals surface area contributed by atoms with Gasteiger partial charge < -0.3 is 28.8 Å². The minimum atomic E-state index is -1.10. The molecule has 1 saturated carbocycles. The Morgan fingerprint density at radius 2 is 1.92 bits per heavy atom. The second-order valence-corrected chi connectivity index (χ2v) is 18.8. The van der Waals surface area contributed by atoms with Crippen LogP contribution in [0.3, 0.4) is 0 Å². The van der Waals surface area contributed by atoms with Crippen molar-refractivity contribution in [3.8, 4) is 22.5 Å². The molecule has 4 aliphatic rings. The van der Waals surface area contributed by atoms with Crippen molar-refractivity contribution in [3.05, 3.63) is 58.2 Å². The van der Waals surface area contributed by atoms with Crippen molar-refractivity contribution in [1.29, 1.82) is 0 Å². The largest absolute Gasteiger partial charge is 0.464 e. The van der Waals surface area contributed by atoms with E-state index < -0.39 is 29.6 Å². The lowest BCUT2D eigenvalue weighted by molar-refractivity contribution is -0.157. The van der Waals surface area contributed by atoms with Crippen LogP contribution in [-0.4, -0.2) is 114 Å². The normalized spacial score (nSPS) is 26.4. The van der Waals surface area contributed by atoms with Gasteiger partial charge >= 0.3 is 5.97 Å². The quantitative estimate of drug-likeness (QED) is 0.182. The Balaban J connectivity index is 1.26. The van der Waals surface area contributed by atoms with E-state index in [1.54, 1.807) is 13.3 Å². The number of benzene rings is 1. The molecule has 3 aromatic heterocycles. The zero-order valence-electron chi connectivity index (χ0n) is 36.6. The SMILES string of the molecule is CCn1c(-c2cccnc2[C@H](C)OC)c2c3cc(ccc31)-c1csc(n1)[C@@H](OCCN1CCOCC1)[C@H](NC(=O)C1[C@@H](C)[C@H]1C)C(=O)N1CCC[C@H](N1)C(=O)OCC(C)(C)C2. The number of morpholine rings is 1. The Kier molecular flexibility index (Phi) is 13.0. The molecule has 0 radical (unpaired) electrons. The van der Waals surface area contributed by atoms with Crippen LogP contribution in [0.4, 0.5) is 0 Å². The fourth-order valence-electron chi connectivity index (χ4n) is 9.28. The molecule has 2 amide bonds. The average Bonchev–Trinajstić information content (AvgIpc) is 3.54. The number of rotatable bonds is 10. The van der Waals surface area contributed by atoms with Gasteiger partial charge in [0.25, 0.3) is 5.91 Å². The van der Waals surface area contributed by atoms with Gasteiger partial charge in [0.1, 0.15) is 23.2 Å². The molecular formula is C46H61N7O7S. The fourth-order valence-corrected chi connectivity index (χ4v) is 10.2. The van der Waals surface area contributed by atoms with Gasteiger partial charge in [-0.05, 0) is 74.8 Å². The summed E-state index contributed by atoms with van der Waals surface area (Å²) in [5.41, 5.74) is 9.49. The maximum atomic E-state index is 14.9. The maximum absolute atomic E-state index is 14.9. The first-order chi connectivity index (χ1) is 29.4. The Labute approximate surface area is 362 Å². The number of nitrogens with one attached hydrogen (secondary N) is 2. The molecule has 7 atom stereocenters. The summed E-state index contributed by atoms with van der Waals surface area (Å²) < 4.78 is 26.6. The van der Waals surface area contributed by atoms with E-state index in [2.05, 4.69) is 79.1 Å². The molecule has 6 bridgehead atoms. The van der Waals surface area contributed by atoms with Gasteiger partial charge in [-0.15, -0.1) is 11.3 Å². The van der Waals surface area contributed by atoms with Gasteiger partial charge in [0.05, 0.1) is 49.6 Å². The van der Waals surface area contributed by atoms with E-state index in [4.69, 9.17) is 28.9 Å². The first kappa shape index (κ1) is 43.4. The number of thiazole rings is 1. The van der Waals surface area contributed by atoms with Crippen LogP contribution in [0, 0.1) is 23.2 Å². The topological polar surface area (TPSA) is 149 Å². The number of hydrogen-bond donors (Lipinski definition) is 2. The molecular weight excluding hydrogens is 795 g/mol. The number of nitrogens with zero attached hydrogens (tertiary/aromatic N) is 5. The van der Waals surface area contributed by atoms with Crippen molar-refractivity contribution < 1.29 is 33.3 Å². The van der Waals surface area contributed by atoms with Crippen LogP contribution >= 0.6 is 11.3 Å². The Hall–Kier alpha value is -4.25. The number of cyclic esters (lactones) is 1. The number of fused-ring (bicyclic) bond motifs is 6. The smallest absolute Gasteiger partial charge is 0.324 e. The third-order valence-corrected chi connectivity index (χ3v) is 14.1. The molecule has 61 heavy (non-hydrogen) atoms. The van der Waals surface area contributed by atoms with E-state index in [-0.39, 0.29) is 42.3 Å². The summed E-state index contributed by atoms with van der Waals surface area (Å²) in [7, 11) is 1.70. The van der Waals surface area contributed by atoms with Crippen LogP contribution < -0.4 is 10.7 Å².